The number of hydrogen-bond donors (Lipinski definition) is 1. The second-order valence-electron chi connectivity index (χ2n) is 5.58. The van der Waals surface area contributed by atoms with Crippen LogP contribution in [0.25, 0.3) is 21.9 Å². The lowest BCUT2D eigenvalue weighted by Gasteiger charge is -2.14. The molecule has 3 aromatic rings. The second kappa shape index (κ2) is 4.67. The summed E-state index contributed by atoms with van der Waals surface area (Å²) in [5.41, 5.74) is 12.2. The molecule has 0 unspecified atom stereocenters. The lowest BCUT2D eigenvalue weighted by molar-refractivity contribution is 0.356. The number of anilines is 1. The Balaban J connectivity index is 2.12. The van der Waals surface area contributed by atoms with Gasteiger partial charge in [0.1, 0.15) is 0 Å². The van der Waals surface area contributed by atoms with Gasteiger partial charge in [0.25, 0.3) is 0 Å². The molecule has 0 saturated heterocycles. The minimum atomic E-state index is 0.723. The Labute approximate surface area is 129 Å². The molecule has 3 aromatic carbocycles. The highest BCUT2D eigenvalue weighted by molar-refractivity contribution is 6.05. The maximum absolute atomic E-state index is 6.31. The molecule has 4 rings (SSSR count). The highest BCUT2D eigenvalue weighted by Crippen LogP contribution is 2.46. The standard InChI is InChI=1S/C19H17NO2/c1-21-17-9-12-8-16(20)15-7-11-5-3-4-6-13(11)19(15)14(12)10-18(17)22-2/h3-6,8-10H,7,20H2,1-2H3. The van der Waals surface area contributed by atoms with Gasteiger partial charge in [-0.2, -0.15) is 0 Å². The maximum atomic E-state index is 6.31. The number of nitrogens with two attached hydrogens (primary N) is 1. The third-order valence-electron chi connectivity index (χ3n) is 4.44. The van der Waals surface area contributed by atoms with Crippen LogP contribution in [0.1, 0.15) is 11.1 Å². The van der Waals surface area contributed by atoms with Crippen molar-refractivity contribution < 1.29 is 9.47 Å². The molecule has 1 aliphatic carbocycles. The van der Waals surface area contributed by atoms with E-state index < -0.39 is 0 Å². The van der Waals surface area contributed by atoms with E-state index in [9.17, 15) is 0 Å². The van der Waals surface area contributed by atoms with Crippen LogP contribution < -0.4 is 15.2 Å². The fraction of sp³-hybridized carbons (Fsp3) is 0.158. The number of fused-ring (bicyclic) bond motifs is 5. The van der Waals surface area contributed by atoms with Crippen LogP contribution in [0.4, 0.5) is 5.69 Å². The molecule has 0 amide bonds. The smallest absolute Gasteiger partial charge is 0.161 e. The SMILES string of the molecule is COc1cc2cc(N)c3c(c2cc1OC)-c1ccccc1C3. The van der Waals surface area contributed by atoms with E-state index in [0.29, 0.717) is 0 Å². The van der Waals surface area contributed by atoms with Gasteiger partial charge in [-0.15, -0.1) is 0 Å². The topological polar surface area (TPSA) is 44.5 Å². The zero-order chi connectivity index (χ0) is 15.3. The summed E-state index contributed by atoms with van der Waals surface area (Å²) < 4.78 is 10.9. The van der Waals surface area contributed by atoms with Crippen LogP contribution >= 0.6 is 0 Å². The van der Waals surface area contributed by atoms with Gasteiger partial charge in [0.2, 0.25) is 0 Å². The average Bonchev–Trinajstić information content (AvgIpc) is 2.94. The largest absolute Gasteiger partial charge is 0.493 e. The molecule has 3 heteroatoms. The third kappa shape index (κ3) is 1.69. The van der Waals surface area contributed by atoms with Crippen molar-refractivity contribution in [2.45, 2.75) is 6.42 Å². The van der Waals surface area contributed by atoms with Crippen LogP contribution in [0.3, 0.4) is 0 Å². The summed E-state index contributed by atoms with van der Waals surface area (Å²) in [5.74, 6) is 1.46. The molecule has 0 fully saturated rings. The van der Waals surface area contributed by atoms with Gasteiger partial charge >= 0.3 is 0 Å². The van der Waals surface area contributed by atoms with E-state index >= 15 is 0 Å². The number of hydrogen-bond acceptors (Lipinski definition) is 3. The zero-order valence-corrected chi connectivity index (χ0v) is 12.6. The quantitative estimate of drug-likeness (QED) is 0.567. The summed E-state index contributed by atoms with van der Waals surface area (Å²) in [6.07, 6.45) is 0.891. The second-order valence-corrected chi connectivity index (χ2v) is 5.58. The Morgan fingerprint density at radius 3 is 2.45 bits per heavy atom. The normalized spacial score (nSPS) is 12.1. The van der Waals surface area contributed by atoms with Crippen molar-refractivity contribution in [2.75, 3.05) is 20.0 Å². The Bertz CT molecular complexity index is 900. The van der Waals surface area contributed by atoms with Crippen molar-refractivity contribution in [1.82, 2.24) is 0 Å². The summed E-state index contributed by atoms with van der Waals surface area (Å²) in [7, 11) is 3.31. The first-order valence-electron chi connectivity index (χ1n) is 7.28. The van der Waals surface area contributed by atoms with Crippen LogP contribution in [0.2, 0.25) is 0 Å². The van der Waals surface area contributed by atoms with Crippen molar-refractivity contribution in [3.63, 3.8) is 0 Å². The number of methoxy groups -OCH3 is 2. The van der Waals surface area contributed by atoms with Crippen LogP contribution in [-0.4, -0.2) is 14.2 Å². The van der Waals surface area contributed by atoms with Gasteiger partial charge in [0, 0.05) is 12.1 Å². The molecule has 0 heterocycles. The van der Waals surface area contributed by atoms with E-state index in [1.807, 2.05) is 12.1 Å². The first kappa shape index (κ1) is 13.0. The van der Waals surface area contributed by atoms with Gasteiger partial charge in [-0.25, -0.2) is 0 Å². The predicted octanol–water partition coefficient (Wildman–Crippen LogP) is 4.01. The van der Waals surface area contributed by atoms with Crippen molar-refractivity contribution in [2.24, 2.45) is 0 Å². The fourth-order valence-corrected chi connectivity index (χ4v) is 3.40. The van der Waals surface area contributed by atoms with Crippen molar-refractivity contribution >= 4 is 16.5 Å². The average molecular weight is 291 g/mol. The molecule has 0 aliphatic heterocycles. The van der Waals surface area contributed by atoms with Gasteiger partial charge in [-0.3, -0.25) is 0 Å². The fourth-order valence-electron chi connectivity index (χ4n) is 3.40. The number of ether oxygens (including phenoxy) is 2. The maximum Gasteiger partial charge on any atom is 0.161 e. The summed E-state index contributed by atoms with van der Waals surface area (Å²) in [5, 5.41) is 2.23. The van der Waals surface area contributed by atoms with Crippen LogP contribution in [-0.2, 0) is 6.42 Å². The van der Waals surface area contributed by atoms with Gasteiger partial charge < -0.3 is 15.2 Å². The first-order valence-corrected chi connectivity index (χ1v) is 7.28. The number of rotatable bonds is 2. The minimum Gasteiger partial charge on any atom is -0.493 e. The molecule has 22 heavy (non-hydrogen) atoms. The lowest BCUT2D eigenvalue weighted by Crippen LogP contribution is -1.96. The first-order chi connectivity index (χ1) is 10.7. The Kier molecular flexibility index (Phi) is 2.76. The summed E-state index contributed by atoms with van der Waals surface area (Å²) >= 11 is 0. The molecule has 0 bridgehead atoms. The van der Waals surface area contributed by atoms with E-state index in [4.69, 9.17) is 15.2 Å². The number of nitrogen functional groups attached to an aromatic ring is 1. The van der Waals surface area contributed by atoms with Gasteiger partial charge in [0.05, 0.1) is 14.2 Å². The highest BCUT2D eigenvalue weighted by atomic mass is 16.5. The van der Waals surface area contributed by atoms with E-state index in [0.717, 1.165) is 34.4 Å². The Morgan fingerprint density at radius 2 is 1.68 bits per heavy atom. The van der Waals surface area contributed by atoms with Crippen LogP contribution in [0, 0.1) is 0 Å². The molecular weight excluding hydrogens is 274 g/mol. The van der Waals surface area contributed by atoms with E-state index in [2.05, 4.69) is 30.3 Å². The van der Waals surface area contributed by atoms with Crippen molar-refractivity contribution in [3.8, 4) is 22.6 Å². The lowest BCUT2D eigenvalue weighted by atomic mass is 9.96. The van der Waals surface area contributed by atoms with Gasteiger partial charge in [-0.1, -0.05) is 24.3 Å². The van der Waals surface area contributed by atoms with E-state index in [1.54, 1.807) is 14.2 Å². The molecule has 0 spiro atoms. The monoisotopic (exact) mass is 291 g/mol. The third-order valence-corrected chi connectivity index (χ3v) is 4.44. The molecule has 3 nitrogen and oxygen atoms in total. The molecule has 0 radical (unpaired) electrons. The summed E-state index contributed by atoms with van der Waals surface area (Å²) in [6.45, 7) is 0. The summed E-state index contributed by atoms with van der Waals surface area (Å²) in [6, 6.07) is 14.6. The van der Waals surface area contributed by atoms with Gasteiger partial charge in [0.15, 0.2) is 11.5 Å². The van der Waals surface area contributed by atoms with Crippen molar-refractivity contribution in [3.05, 3.63) is 53.6 Å². The molecule has 0 atom stereocenters. The molecule has 0 aromatic heterocycles. The molecule has 0 saturated carbocycles. The Hall–Kier alpha value is -2.68. The molecular formula is C19H17NO2. The minimum absolute atomic E-state index is 0.723. The van der Waals surface area contributed by atoms with E-state index in [1.165, 1.54) is 22.3 Å². The van der Waals surface area contributed by atoms with Crippen LogP contribution in [0.15, 0.2) is 42.5 Å². The summed E-state index contributed by atoms with van der Waals surface area (Å²) in [4.78, 5) is 0. The predicted molar refractivity (Wildman–Crippen MR) is 89.7 cm³/mol. The van der Waals surface area contributed by atoms with Gasteiger partial charge in [-0.05, 0) is 51.2 Å². The molecule has 2 N–H and O–H groups in total. The van der Waals surface area contributed by atoms with Crippen molar-refractivity contribution in [1.29, 1.82) is 0 Å². The number of benzene rings is 3. The zero-order valence-electron chi connectivity index (χ0n) is 12.6. The van der Waals surface area contributed by atoms with Crippen LogP contribution in [0.5, 0.6) is 11.5 Å². The highest BCUT2D eigenvalue weighted by Gasteiger charge is 2.23. The molecule has 1 aliphatic rings. The Morgan fingerprint density at radius 1 is 0.955 bits per heavy atom. The van der Waals surface area contributed by atoms with E-state index in [-0.39, 0.29) is 0 Å². The molecule has 110 valence electrons.